The van der Waals surface area contributed by atoms with Crippen LogP contribution in [0.1, 0.15) is 6.42 Å². The Morgan fingerprint density at radius 2 is 1.38 bits per heavy atom. The van der Waals surface area contributed by atoms with Crippen molar-refractivity contribution >= 4 is 0 Å². The summed E-state index contributed by atoms with van der Waals surface area (Å²) in [6.45, 7) is -2.02. The third-order valence-corrected chi connectivity index (χ3v) is 0.820. The Morgan fingerprint density at radius 1 is 0.923 bits per heavy atom. The van der Waals surface area contributed by atoms with Crippen LogP contribution in [0, 0.1) is 0 Å². The molecule has 0 aliphatic carbocycles. The maximum atomic E-state index is 12.0. The van der Waals surface area contributed by atoms with E-state index in [0.29, 0.717) is 0 Å². The van der Waals surface area contributed by atoms with E-state index in [4.69, 9.17) is 0 Å². The predicted molar refractivity (Wildman–Crippen MR) is 27.6 cm³/mol. The molecule has 0 rings (SSSR count). The smallest absolute Gasteiger partial charge is 0.338 e. The summed E-state index contributed by atoms with van der Waals surface area (Å²) in [5.74, 6) is 0. The molecule has 0 amide bonds. The number of hydrogen-bond acceptors (Lipinski definition) is 1. The first-order valence-corrected chi connectivity index (χ1v) is 2.99. The average molecular weight is 214 g/mol. The lowest BCUT2D eigenvalue weighted by Gasteiger charge is -2.13. The molecule has 0 aromatic rings. The van der Waals surface area contributed by atoms with E-state index >= 15 is 0 Å². The van der Waals surface area contributed by atoms with Gasteiger partial charge in [0.1, 0.15) is 6.61 Å². The van der Waals surface area contributed by atoms with Crippen LogP contribution in [-0.2, 0) is 4.74 Å². The third kappa shape index (κ3) is 9.38. The summed E-state index contributed by atoms with van der Waals surface area (Å²) in [6.07, 6.45) is -14.7. The summed E-state index contributed by atoms with van der Waals surface area (Å²) < 4.78 is 83.1. The fourth-order valence-corrected chi connectivity index (χ4v) is 0.426. The molecular formula is C5H5F7O. The van der Waals surface area contributed by atoms with Crippen LogP contribution in [0.25, 0.3) is 0 Å². The van der Waals surface area contributed by atoms with Crippen molar-refractivity contribution in [2.24, 2.45) is 0 Å². The van der Waals surface area contributed by atoms with Gasteiger partial charge in [-0.2, -0.15) is 26.3 Å². The van der Waals surface area contributed by atoms with Crippen LogP contribution in [-0.4, -0.2) is 25.3 Å². The van der Waals surface area contributed by atoms with Gasteiger partial charge in [-0.3, -0.25) is 0 Å². The van der Waals surface area contributed by atoms with Crippen molar-refractivity contribution in [3.63, 3.8) is 0 Å². The highest BCUT2D eigenvalue weighted by atomic mass is 19.4. The topological polar surface area (TPSA) is 9.23 Å². The fourth-order valence-electron chi connectivity index (χ4n) is 0.426. The summed E-state index contributed by atoms with van der Waals surface area (Å²) in [5, 5.41) is 0. The first-order valence-electron chi connectivity index (χ1n) is 2.99. The zero-order valence-electron chi connectivity index (χ0n) is 6.05. The number of ether oxygens (including phenoxy) is 1. The summed E-state index contributed by atoms with van der Waals surface area (Å²) >= 11 is 0. The van der Waals surface area contributed by atoms with Crippen molar-refractivity contribution in [1.82, 2.24) is 0 Å². The van der Waals surface area contributed by atoms with Gasteiger partial charge in [-0.25, -0.2) is 4.39 Å². The highest BCUT2D eigenvalue weighted by Gasteiger charge is 2.35. The molecule has 0 saturated carbocycles. The van der Waals surface area contributed by atoms with Crippen molar-refractivity contribution in [3.05, 3.63) is 0 Å². The Kier molecular flexibility index (Phi) is 3.95. The average Bonchev–Trinajstić information content (AvgIpc) is 1.78. The largest absolute Gasteiger partial charge is 0.411 e. The summed E-state index contributed by atoms with van der Waals surface area (Å²) in [5.41, 5.74) is 0. The predicted octanol–water partition coefficient (Wildman–Crippen LogP) is 2.81. The van der Waals surface area contributed by atoms with Gasteiger partial charge in [-0.1, -0.05) is 0 Å². The molecule has 0 fully saturated rings. The van der Waals surface area contributed by atoms with Gasteiger partial charge in [-0.15, -0.1) is 0 Å². The monoisotopic (exact) mass is 214 g/mol. The second kappa shape index (κ2) is 4.12. The zero-order valence-corrected chi connectivity index (χ0v) is 6.05. The van der Waals surface area contributed by atoms with Crippen LogP contribution in [0.5, 0.6) is 0 Å². The van der Waals surface area contributed by atoms with Crippen LogP contribution in [0.3, 0.4) is 0 Å². The Hall–Kier alpha value is -0.530. The molecule has 0 heterocycles. The van der Waals surface area contributed by atoms with Gasteiger partial charge in [0.2, 0.25) is 6.36 Å². The molecule has 0 N–H and O–H groups in total. The summed E-state index contributed by atoms with van der Waals surface area (Å²) in [7, 11) is 0. The van der Waals surface area contributed by atoms with Gasteiger partial charge in [0.25, 0.3) is 0 Å². The van der Waals surface area contributed by atoms with E-state index in [1.165, 1.54) is 0 Å². The third-order valence-electron chi connectivity index (χ3n) is 0.820. The van der Waals surface area contributed by atoms with Gasteiger partial charge >= 0.3 is 12.4 Å². The van der Waals surface area contributed by atoms with Gasteiger partial charge in [0.05, 0.1) is 6.42 Å². The van der Waals surface area contributed by atoms with E-state index in [1.54, 1.807) is 0 Å². The lowest BCUT2D eigenvalue weighted by atomic mass is 10.4. The van der Waals surface area contributed by atoms with E-state index in [2.05, 4.69) is 4.74 Å². The molecule has 1 unspecified atom stereocenters. The first-order chi connectivity index (χ1) is 5.60. The number of hydrogen-bond donors (Lipinski definition) is 0. The maximum absolute atomic E-state index is 12.0. The number of alkyl halides is 7. The molecule has 0 bridgehead atoms. The first kappa shape index (κ1) is 12.5. The van der Waals surface area contributed by atoms with E-state index < -0.39 is 31.7 Å². The Labute approximate surface area is 68.5 Å². The lowest BCUT2D eigenvalue weighted by Crippen LogP contribution is -2.24. The number of halogens is 7. The van der Waals surface area contributed by atoms with Crippen molar-refractivity contribution < 1.29 is 35.5 Å². The molecule has 0 saturated heterocycles. The molecule has 0 aromatic heterocycles. The number of rotatable bonds is 3. The summed E-state index contributed by atoms with van der Waals surface area (Å²) in [6, 6.07) is 0. The van der Waals surface area contributed by atoms with Crippen LogP contribution in [0.4, 0.5) is 30.7 Å². The normalized spacial score (nSPS) is 15.9. The minimum atomic E-state index is -4.87. The van der Waals surface area contributed by atoms with Crippen molar-refractivity contribution in [2.75, 3.05) is 6.61 Å². The Balaban J connectivity index is 3.70. The molecule has 0 aromatic carbocycles. The van der Waals surface area contributed by atoms with Gasteiger partial charge in [-0.05, 0) is 0 Å². The summed E-state index contributed by atoms with van der Waals surface area (Å²) in [4.78, 5) is 0. The second-order valence-corrected chi connectivity index (χ2v) is 2.16. The van der Waals surface area contributed by atoms with Crippen LogP contribution >= 0.6 is 0 Å². The van der Waals surface area contributed by atoms with Crippen molar-refractivity contribution in [3.8, 4) is 0 Å². The molecule has 1 nitrogen and oxygen atoms in total. The fraction of sp³-hybridized carbons (Fsp3) is 1.00. The van der Waals surface area contributed by atoms with E-state index in [9.17, 15) is 30.7 Å². The molecule has 0 aliphatic rings. The molecule has 80 valence electrons. The quantitative estimate of drug-likeness (QED) is 0.656. The molecule has 0 aliphatic heterocycles. The maximum Gasteiger partial charge on any atom is 0.411 e. The second-order valence-electron chi connectivity index (χ2n) is 2.16. The van der Waals surface area contributed by atoms with Crippen molar-refractivity contribution in [2.45, 2.75) is 25.1 Å². The molecular weight excluding hydrogens is 209 g/mol. The van der Waals surface area contributed by atoms with Gasteiger partial charge in [0, 0.05) is 0 Å². The molecule has 13 heavy (non-hydrogen) atoms. The molecule has 8 heteroatoms. The minimum absolute atomic E-state index is 2.02. The SMILES string of the molecule is FC(CC(F)(F)F)OCC(F)(F)F. The van der Waals surface area contributed by atoms with Gasteiger partial charge < -0.3 is 4.74 Å². The Morgan fingerprint density at radius 3 is 1.69 bits per heavy atom. The molecule has 1 atom stereocenters. The van der Waals surface area contributed by atoms with Crippen LogP contribution < -0.4 is 0 Å². The Bertz CT molecular complexity index is 148. The van der Waals surface area contributed by atoms with Gasteiger partial charge in [0.15, 0.2) is 0 Å². The molecule has 0 radical (unpaired) electrons. The standard InChI is InChI=1S/C5H5F7O/c6-3(1-4(7,8)9)13-2-5(10,11)12/h3H,1-2H2. The minimum Gasteiger partial charge on any atom is -0.338 e. The van der Waals surface area contributed by atoms with E-state index in [0.717, 1.165) is 0 Å². The highest BCUT2D eigenvalue weighted by Crippen LogP contribution is 2.25. The van der Waals surface area contributed by atoms with E-state index in [-0.39, 0.29) is 0 Å². The van der Waals surface area contributed by atoms with E-state index in [1.807, 2.05) is 0 Å². The van der Waals surface area contributed by atoms with Crippen LogP contribution in [0.2, 0.25) is 0 Å². The molecule has 0 spiro atoms. The zero-order chi connectivity index (χ0) is 10.7. The van der Waals surface area contributed by atoms with Crippen LogP contribution in [0.15, 0.2) is 0 Å². The van der Waals surface area contributed by atoms with Crippen molar-refractivity contribution in [1.29, 1.82) is 0 Å². The highest BCUT2D eigenvalue weighted by molar-refractivity contribution is 4.55. The lowest BCUT2D eigenvalue weighted by molar-refractivity contribution is -0.228.